The van der Waals surface area contributed by atoms with E-state index in [9.17, 15) is 9.59 Å². The number of carbonyl (C=O) groups excluding carboxylic acids is 2. The van der Waals surface area contributed by atoms with Crippen LogP contribution >= 0.6 is 11.8 Å². The highest BCUT2D eigenvalue weighted by atomic mass is 32.2. The summed E-state index contributed by atoms with van der Waals surface area (Å²) in [5.41, 5.74) is 3.54. The van der Waals surface area contributed by atoms with Crippen molar-refractivity contribution in [3.8, 4) is 11.5 Å². The van der Waals surface area contributed by atoms with Gasteiger partial charge in [-0.25, -0.2) is 0 Å². The van der Waals surface area contributed by atoms with Crippen molar-refractivity contribution >= 4 is 29.3 Å². The lowest BCUT2D eigenvalue weighted by Gasteiger charge is -2.23. The van der Waals surface area contributed by atoms with E-state index < -0.39 is 6.04 Å². The number of benzene rings is 2. The Morgan fingerprint density at radius 1 is 1.03 bits per heavy atom. The molecule has 2 aliphatic rings. The molecule has 7 heteroatoms. The summed E-state index contributed by atoms with van der Waals surface area (Å²) in [4.78, 5) is 27.6. The number of amides is 2. The van der Waals surface area contributed by atoms with Crippen LogP contribution < -0.4 is 14.8 Å². The molecule has 2 amide bonds. The lowest BCUT2D eigenvalue weighted by atomic mass is 10.1. The molecule has 2 aromatic carbocycles. The number of aryl methyl sites for hydroxylation is 2. The maximum Gasteiger partial charge on any atom is 0.255 e. The van der Waals surface area contributed by atoms with Gasteiger partial charge in [-0.3, -0.25) is 9.59 Å². The number of hydrogen-bond acceptors (Lipinski definition) is 5. The largest absolute Gasteiger partial charge is 0.490 e. The molecule has 2 heterocycles. The van der Waals surface area contributed by atoms with Crippen LogP contribution in [-0.2, 0) is 4.79 Å². The summed E-state index contributed by atoms with van der Waals surface area (Å²) in [7, 11) is 0. The summed E-state index contributed by atoms with van der Waals surface area (Å²) >= 11 is 1.58. The second kappa shape index (κ2) is 8.37. The Balaban J connectivity index is 1.50. The predicted molar refractivity (Wildman–Crippen MR) is 114 cm³/mol. The molecule has 0 aromatic heterocycles. The molecule has 0 spiro atoms. The molecule has 0 saturated carbocycles. The second-order valence-electron chi connectivity index (χ2n) is 7.29. The van der Waals surface area contributed by atoms with Crippen LogP contribution in [0.4, 0.5) is 5.69 Å². The van der Waals surface area contributed by atoms with E-state index in [1.54, 1.807) is 34.9 Å². The zero-order valence-corrected chi connectivity index (χ0v) is 17.4. The number of ether oxygens (including phenoxy) is 2. The Kier molecular flexibility index (Phi) is 5.67. The van der Waals surface area contributed by atoms with Crippen LogP contribution in [0.2, 0.25) is 0 Å². The van der Waals surface area contributed by atoms with Crippen molar-refractivity contribution in [3.05, 3.63) is 53.1 Å². The van der Waals surface area contributed by atoms with Crippen molar-refractivity contribution in [2.24, 2.45) is 0 Å². The molecule has 1 atom stereocenters. The Bertz CT molecular complexity index is 946. The molecule has 1 unspecified atom stereocenters. The fourth-order valence-electron chi connectivity index (χ4n) is 3.37. The van der Waals surface area contributed by atoms with Gasteiger partial charge in [0.15, 0.2) is 11.5 Å². The van der Waals surface area contributed by atoms with E-state index in [1.807, 2.05) is 32.0 Å². The summed E-state index contributed by atoms with van der Waals surface area (Å²) in [6, 6.07) is 10.5. The third-order valence-corrected chi connectivity index (χ3v) is 6.23. The third kappa shape index (κ3) is 4.19. The molecular formula is C22H24N2O4S. The van der Waals surface area contributed by atoms with E-state index >= 15 is 0 Å². The number of thioether (sulfide) groups is 1. The van der Waals surface area contributed by atoms with Gasteiger partial charge < -0.3 is 19.7 Å². The van der Waals surface area contributed by atoms with E-state index in [0.29, 0.717) is 41.9 Å². The highest BCUT2D eigenvalue weighted by Gasteiger charge is 2.35. The number of anilines is 1. The topological polar surface area (TPSA) is 67.9 Å². The number of nitrogens with zero attached hydrogens (tertiary/aromatic N) is 1. The van der Waals surface area contributed by atoms with E-state index in [1.165, 1.54) is 5.56 Å². The van der Waals surface area contributed by atoms with Gasteiger partial charge in [0.2, 0.25) is 5.91 Å². The molecule has 1 fully saturated rings. The summed E-state index contributed by atoms with van der Waals surface area (Å²) in [6.07, 6.45) is 0.807. The SMILES string of the molecule is Cc1ccc(NC(=O)C2CSCN2C(=O)c2ccc3c(c2)OCCCO3)cc1C. The molecule has 1 N–H and O–H groups in total. The number of hydrogen-bond donors (Lipinski definition) is 1. The van der Waals surface area contributed by atoms with Crippen LogP contribution in [0.25, 0.3) is 0 Å². The Morgan fingerprint density at radius 3 is 2.62 bits per heavy atom. The zero-order chi connectivity index (χ0) is 20.4. The maximum atomic E-state index is 13.1. The van der Waals surface area contributed by atoms with E-state index in [0.717, 1.165) is 17.7 Å². The van der Waals surface area contributed by atoms with Crippen molar-refractivity contribution < 1.29 is 19.1 Å². The molecule has 0 bridgehead atoms. The normalized spacial score (nSPS) is 18.3. The lowest BCUT2D eigenvalue weighted by Crippen LogP contribution is -2.44. The molecule has 0 aliphatic carbocycles. The van der Waals surface area contributed by atoms with Crippen LogP contribution in [0.1, 0.15) is 27.9 Å². The highest BCUT2D eigenvalue weighted by molar-refractivity contribution is 7.99. The molecule has 29 heavy (non-hydrogen) atoms. The van der Waals surface area contributed by atoms with E-state index in [2.05, 4.69) is 5.32 Å². The maximum absolute atomic E-state index is 13.1. The first kappa shape index (κ1) is 19.6. The number of nitrogens with one attached hydrogen (secondary N) is 1. The van der Waals surface area contributed by atoms with Crippen molar-refractivity contribution in [2.45, 2.75) is 26.3 Å². The molecule has 1 saturated heterocycles. The smallest absolute Gasteiger partial charge is 0.255 e. The van der Waals surface area contributed by atoms with E-state index in [4.69, 9.17) is 9.47 Å². The van der Waals surface area contributed by atoms with Crippen molar-refractivity contribution in [2.75, 3.05) is 30.2 Å². The first-order chi connectivity index (χ1) is 14.0. The fourth-order valence-corrected chi connectivity index (χ4v) is 4.52. The number of fused-ring (bicyclic) bond motifs is 1. The number of carbonyl (C=O) groups is 2. The van der Waals surface area contributed by atoms with Crippen molar-refractivity contribution in [1.29, 1.82) is 0 Å². The molecular weight excluding hydrogens is 388 g/mol. The Hall–Kier alpha value is -2.67. The lowest BCUT2D eigenvalue weighted by molar-refractivity contribution is -0.119. The van der Waals surface area contributed by atoms with E-state index in [-0.39, 0.29) is 11.8 Å². The van der Waals surface area contributed by atoms with Crippen LogP contribution in [0.5, 0.6) is 11.5 Å². The first-order valence-electron chi connectivity index (χ1n) is 9.69. The molecule has 2 aliphatic heterocycles. The minimum atomic E-state index is -0.509. The minimum Gasteiger partial charge on any atom is -0.490 e. The first-order valence-corrected chi connectivity index (χ1v) is 10.8. The van der Waals surface area contributed by atoms with Gasteiger partial charge >= 0.3 is 0 Å². The third-order valence-electron chi connectivity index (χ3n) is 5.21. The second-order valence-corrected chi connectivity index (χ2v) is 8.29. The molecule has 0 radical (unpaired) electrons. The summed E-state index contributed by atoms with van der Waals surface area (Å²) in [5.74, 6) is 1.95. The Labute approximate surface area is 174 Å². The summed E-state index contributed by atoms with van der Waals surface area (Å²) in [5, 5.41) is 2.96. The quantitative estimate of drug-likeness (QED) is 0.834. The fraction of sp³-hybridized carbons (Fsp3) is 0.364. The Morgan fingerprint density at radius 2 is 1.83 bits per heavy atom. The van der Waals surface area contributed by atoms with Gasteiger partial charge in [0, 0.05) is 23.4 Å². The molecule has 4 rings (SSSR count). The van der Waals surface area contributed by atoms with Crippen LogP contribution in [-0.4, -0.2) is 47.6 Å². The molecule has 6 nitrogen and oxygen atoms in total. The van der Waals surface area contributed by atoms with Gasteiger partial charge in [-0.05, 0) is 55.3 Å². The van der Waals surface area contributed by atoms with Crippen LogP contribution in [0, 0.1) is 13.8 Å². The van der Waals surface area contributed by atoms with Gasteiger partial charge in [-0.15, -0.1) is 11.8 Å². The standard InChI is InChI=1S/C22H24N2O4S/c1-14-4-6-17(10-15(14)2)23-21(25)18-12-29-13-24(18)22(26)16-5-7-19-20(11-16)28-9-3-8-27-19/h4-7,10-11,18H,3,8-9,12-13H2,1-2H3,(H,23,25). The number of rotatable bonds is 3. The van der Waals surface area contributed by atoms with Gasteiger partial charge in [0.25, 0.3) is 5.91 Å². The monoisotopic (exact) mass is 412 g/mol. The van der Waals surface area contributed by atoms with Crippen LogP contribution in [0.15, 0.2) is 36.4 Å². The van der Waals surface area contributed by atoms with Crippen LogP contribution in [0.3, 0.4) is 0 Å². The molecule has 152 valence electrons. The average Bonchev–Trinajstić information content (AvgIpc) is 3.09. The zero-order valence-electron chi connectivity index (χ0n) is 16.6. The predicted octanol–water partition coefficient (Wildman–Crippen LogP) is 3.62. The van der Waals surface area contributed by atoms with Gasteiger partial charge in [0.1, 0.15) is 6.04 Å². The van der Waals surface area contributed by atoms with Gasteiger partial charge in [-0.2, -0.15) is 0 Å². The average molecular weight is 413 g/mol. The van der Waals surface area contributed by atoms with Crippen molar-refractivity contribution in [1.82, 2.24) is 4.90 Å². The van der Waals surface area contributed by atoms with Crippen molar-refractivity contribution in [3.63, 3.8) is 0 Å². The van der Waals surface area contributed by atoms with Gasteiger partial charge in [0.05, 0.1) is 19.1 Å². The highest BCUT2D eigenvalue weighted by Crippen LogP contribution is 2.32. The van der Waals surface area contributed by atoms with Gasteiger partial charge in [-0.1, -0.05) is 6.07 Å². The summed E-state index contributed by atoms with van der Waals surface area (Å²) in [6.45, 7) is 5.20. The molecule has 2 aromatic rings. The minimum absolute atomic E-state index is 0.166. The summed E-state index contributed by atoms with van der Waals surface area (Å²) < 4.78 is 11.3.